The van der Waals surface area contributed by atoms with Crippen LogP contribution in [0.1, 0.15) is 25.3 Å². The molecule has 1 atom stereocenters. The fourth-order valence-corrected chi connectivity index (χ4v) is 3.33. The maximum absolute atomic E-state index is 11.6. The van der Waals surface area contributed by atoms with E-state index in [4.69, 9.17) is 9.15 Å². The molecule has 3 heterocycles. The van der Waals surface area contributed by atoms with Gasteiger partial charge in [0.15, 0.2) is 0 Å². The Bertz CT molecular complexity index is 456. The molecular weight excluding hydrogens is 256 g/mol. The molecule has 0 N–H and O–H groups in total. The summed E-state index contributed by atoms with van der Waals surface area (Å²) in [5.74, 6) is 0.152. The topological polar surface area (TPSA) is 45.9 Å². The Balaban J connectivity index is 1.65. The largest absolute Gasteiger partial charge is 0.472 e. The molecule has 20 heavy (non-hydrogen) atoms. The lowest BCUT2D eigenvalue weighted by Crippen LogP contribution is -2.60. The fourth-order valence-electron chi connectivity index (χ4n) is 3.33. The van der Waals surface area contributed by atoms with Gasteiger partial charge in [-0.05, 0) is 25.5 Å². The smallest absolute Gasteiger partial charge is 0.219 e. The van der Waals surface area contributed by atoms with E-state index >= 15 is 0 Å². The lowest BCUT2D eigenvalue weighted by atomic mass is 9.90. The van der Waals surface area contributed by atoms with Crippen LogP contribution in [0.3, 0.4) is 0 Å². The number of hydrogen-bond donors (Lipinski definition) is 0. The van der Waals surface area contributed by atoms with Crippen molar-refractivity contribution >= 4 is 5.91 Å². The number of furan rings is 1. The van der Waals surface area contributed by atoms with E-state index in [1.807, 2.05) is 11.0 Å². The molecule has 5 nitrogen and oxygen atoms in total. The molecule has 2 fully saturated rings. The SMILES string of the molecule is CC(=O)N1CCOC2(CCCN(Cc3ccoc3)C2)C1. The van der Waals surface area contributed by atoms with Crippen molar-refractivity contribution in [1.82, 2.24) is 9.80 Å². The number of ether oxygens (including phenoxy) is 1. The van der Waals surface area contributed by atoms with Crippen LogP contribution in [0, 0.1) is 0 Å². The van der Waals surface area contributed by atoms with Gasteiger partial charge in [-0.1, -0.05) is 0 Å². The maximum atomic E-state index is 11.6. The third kappa shape index (κ3) is 2.88. The van der Waals surface area contributed by atoms with Gasteiger partial charge in [-0.15, -0.1) is 0 Å². The molecule has 1 amide bonds. The zero-order valence-corrected chi connectivity index (χ0v) is 12.0. The predicted octanol–water partition coefficient (Wildman–Crippen LogP) is 1.49. The van der Waals surface area contributed by atoms with Gasteiger partial charge in [0, 0.05) is 32.1 Å². The van der Waals surface area contributed by atoms with Crippen LogP contribution < -0.4 is 0 Å². The minimum atomic E-state index is -0.175. The second kappa shape index (κ2) is 5.58. The summed E-state index contributed by atoms with van der Waals surface area (Å²) in [6.07, 6.45) is 5.66. The second-order valence-electron chi connectivity index (χ2n) is 5.92. The van der Waals surface area contributed by atoms with Crippen molar-refractivity contribution in [2.24, 2.45) is 0 Å². The number of hydrogen-bond acceptors (Lipinski definition) is 4. The van der Waals surface area contributed by atoms with E-state index in [9.17, 15) is 4.79 Å². The predicted molar refractivity (Wildman–Crippen MR) is 74.2 cm³/mol. The van der Waals surface area contributed by atoms with E-state index in [1.54, 1.807) is 19.5 Å². The molecule has 2 saturated heterocycles. The first kappa shape index (κ1) is 13.6. The summed E-state index contributed by atoms with van der Waals surface area (Å²) in [6, 6.07) is 2.00. The standard InChI is InChI=1S/C15H22N2O3/c1-13(18)17-6-8-20-15(12-17)4-2-5-16(11-15)9-14-3-7-19-10-14/h3,7,10H,2,4-6,8-9,11-12H2,1H3. The lowest BCUT2D eigenvalue weighted by Gasteiger charge is -2.47. The molecule has 0 aliphatic carbocycles. The highest BCUT2D eigenvalue weighted by Gasteiger charge is 2.41. The van der Waals surface area contributed by atoms with Crippen LogP contribution in [0.15, 0.2) is 23.0 Å². The van der Waals surface area contributed by atoms with Crippen LogP contribution in [-0.2, 0) is 16.1 Å². The van der Waals surface area contributed by atoms with Gasteiger partial charge in [-0.3, -0.25) is 9.69 Å². The van der Waals surface area contributed by atoms with E-state index in [-0.39, 0.29) is 11.5 Å². The van der Waals surface area contributed by atoms with Crippen molar-refractivity contribution in [3.63, 3.8) is 0 Å². The van der Waals surface area contributed by atoms with Gasteiger partial charge in [0.2, 0.25) is 5.91 Å². The van der Waals surface area contributed by atoms with Gasteiger partial charge in [-0.25, -0.2) is 0 Å². The van der Waals surface area contributed by atoms with Gasteiger partial charge < -0.3 is 14.1 Å². The zero-order chi connectivity index (χ0) is 14.0. The Morgan fingerprint density at radius 1 is 1.40 bits per heavy atom. The van der Waals surface area contributed by atoms with Gasteiger partial charge in [-0.2, -0.15) is 0 Å². The first-order valence-corrected chi connectivity index (χ1v) is 7.30. The number of nitrogens with zero attached hydrogens (tertiary/aromatic N) is 2. The summed E-state index contributed by atoms with van der Waals surface area (Å²) in [5.41, 5.74) is 1.02. The maximum Gasteiger partial charge on any atom is 0.219 e. The molecule has 0 radical (unpaired) electrons. The van der Waals surface area contributed by atoms with Gasteiger partial charge in [0.1, 0.15) is 0 Å². The van der Waals surface area contributed by atoms with E-state index in [2.05, 4.69) is 4.90 Å². The molecule has 2 aliphatic heterocycles. The van der Waals surface area contributed by atoms with E-state index in [0.717, 1.165) is 45.6 Å². The minimum Gasteiger partial charge on any atom is -0.472 e. The van der Waals surface area contributed by atoms with Crippen LogP contribution in [0.4, 0.5) is 0 Å². The molecule has 1 spiro atoms. The number of piperidine rings is 1. The highest BCUT2D eigenvalue weighted by Crippen LogP contribution is 2.29. The van der Waals surface area contributed by atoms with Crippen LogP contribution in [0.25, 0.3) is 0 Å². The van der Waals surface area contributed by atoms with Gasteiger partial charge in [0.05, 0.1) is 31.3 Å². The summed E-state index contributed by atoms with van der Waals surface area (Å²) in [7, 11) is 0. The summed E-state index contributed by atoms with van der Waals surface area (Å²) in [6.45, 7) is 6.60. The normalized spacial score (nSPS) is 27.9. The molecule has 1 unspecified atom stereocenters. The third-order valence-corrected chi connectivity index (χ3v) is 4.30. The minimum absolute atomic E-state index is 0.152. The number of amides is 1. The molecule has 1 aromatic rings. The molecule has 2 aliphatic rings. The summed E-state index contributed by atoms with van der Waals surface area (Å²) in [5, 5.41) is 0. The van der Waals surface area contributed by atoms with E-state index in [1.165, 1.54) is 5.56 Å². The van der Waals surface area contributed by atoms with Crippen LogP contribution in [0.5, 0.6) is 0 Å². The van der Waals surface area contributed by atoms with Crippen LogP contribution in [0.2, 0.25) is 0 Å². The van der Waals surface area contributed by atoms with Gasteiger partial charge in [0.25, 0.3) is 0 Å². The number of morpholine rings is 1. The lowest BCUT2D eigenvalue weighted by molar-refractivity contribution is -0.160. The van der Waals surface area contributed by atoms with Crippen molar-refractivity contribution in [3.05, 3.63) is 24.2 Å². The summed E-state index contributed by atoms with van der Waals surface area (Å²) < 4.78 is 11.2. The number of likely N-dealkylation sites (tertiary alicyclic amines) is 1. The van der Waals surface area contributed by atoms with Crippen molar-refractivity contribution < 1.29 is 13.9 Å². The first-order chi connectivity index (χ1) is 9.67. The third-order valence-electron chi connectivity index (χ3n) is 4.30. The molecule has 1 aromatic heterocycles. The number of rotatable bonds is 2. The molecule has 5 heteroatoms. The highest BCUT2D eigenvalue weighted by molar-refractivity contribution is 5.73. The molecular formula is C15H22N2O3. The van der Waals surface area contributed by atoms with E-state index in [0.29, 0.717) is 6.61 Å². The Morgan fingerprint density at radius 2 is 2.30 bits per heavy atom. The zero-order valence-electron chi connectivity index (χ0n) is 12.0. The fraction of sp³-hybridized carbons (Fsp3) is 0.667. The molecule has 0 saturated carbocycles. The number of carbonyl (C=O) groups excluding carboxylic acids is 1. The quantitative estimate of drug-likeness (QED) is 0.822. The monoisotopic (exact) mass is 278 g/mol. The Labute approximate surface area is 119 Å². The molecule has 110 valence electrons. The van der Waals surface area contributed by atoms with Crippen molar-refractivity contribution in [3.8, 4) is 0 Å². The van der Waals surface area contributed by atoms with Crippen LogP contribution >= 0.6 is 0 Å². The average molecular weight is 278 g/mol. The first-order valence-electron chi connectivity index (χ1n) is 7.30. The Hall–Kier alpha value is -1.33. The van der Waals surface area contributed by atoms with E-state index < -0.39 is 0 Å². The Morgan fingerprint density at radius 3 is 3.05 bits per heavy atom. The Kier molecular flexibility index (Phi) is 3.81. The highest BCUT2D eigenvalue weighted by atomic mass is 16.5. The summed E-state index contributed by atoms with van der Waals surface area (Å²) >= 11 is 0. The van der Waals surface area contributed by atoms with Gasteiger partial charge >= 0.3 is 0 Å². The molecule has 0 bridgehead atoms. The second-order valence-corrected chi connectivity index (χ2v) is 5.92. The van der Waals surface area contributed by atoms with Crippen molar-refractivity contribution in [2.75, 3.05) is 32.8 Å². The van der Waals surface area contributed by atoms with Crippen molar-refractivity contribution in [1.29, 1.82) is 0 Å². The average Bonchev–Trinajstić information content (AvgIpc) is 2.92. The van der Waals surface area contributed by atoms with Crippen LogP contribution in [-0.4, -0.2) is 54.1 Å². The molecule has 0 aromatic carbocycles. The summed E-state index contributed by atoms with van der Waals surface area (Å²) in [4.78, 5) is 15.9. The number of carbonyl (C=O) groups is 1. The van der Waals surface area contributed by atoms with Crippen molar-refractivity contribution in [2.45, 2.75) is 31.9 Å². The molecule has 3 rings (SSSR count).